The van der Waals surface area contributed by atoms with Gasteiger partial charge in [-0.25, -0.2) is 0 Å². The molecule has 3 nitrogen and oxygen atoms in total. The SMILES string of the molecule is COCC(C)Nc1ccncc1Br. The van der Waals surface area contributed by atoms with Crippen molar-refractivity contribution in [3.8, 4) is 0 Å². The number of nitrogens with zero attached hydrogens (tertiary/aromatic N) is 1. The van der Waals surface area contributed by atoms with E-state index in [1.807, 2.05) is 6.07 Å². The fourth-order valence-corrected chi connectivity index (χ4v) is 1.41. The molecule has 0 aromatic carbocycles. The van der Waals surface area contributed by atoms with E-state index >= 15 is 0 Å². The summed E-state index contributed by atoms with van der Waals surface area (Å²) < 4.78 is 5.99. The van der Waals surface area contributed by atoms with Gasteiger partial charge in [0.1, 0.15) is 0 Å². The Kier molecular flexibility index (Phi) is 4.18. The van der Waals surface area contributed by atoms with Crippen molar-refractivity contribution in [2.45, 2.75) is 13.0 Å². The van der Waals surface area contributed by atoms with Crippen molar-refractivity contribution in [3.05, 3.63) is 22.9 Å². The summed E-state index contributed by atoms with van der Waals surface area (Å²) in [7, 11) is 1.69. The van der Waals surface area contributed by atoms with Crippen LogP contribution in [0.3, 0.4) is 0 Å². The monoisotopic (exact) mass is 244 g/mol. The van der Waals surface area contributed by atoms with Crippen molar-refractivity contribution in [1.82, 2.24) is 4.98 Å². The Labute approximate surface area is 86.6 Å². The van der Waals surface area contributed by atoms with E-state index in [-0.39, 0.29) is 0 Å². The summed E-state index contributed by atoms with van der Waals surface area (Å²) >= 11 is 3.41. The lowest BCUT2D eigenvalue weighted by Gasteiger charge is -2.14. The zero-order valence-electron chi connectivity index (χ0n) is 7.75. The molecular weight excluding hydrogens is 232 g/mol. The molecule has 1 aromatic heterocycles. The average molecular weight is 245 g/mol. The number of nitrogens with one attached hydrogen (secondary N) is 1. The van der Waals surface area contributed by atoms with Crippen molar-refractivity contribution in [2.24, 2.45) is 0 Å². The zero-order chi connectivity index (χ0) is 9.68. The molecule has 1 atom stereocenters. The van der Waals surface area contributed by atoms with Crippen molar-refractivity contribution in [2.75, 3.05) is 19.0 Å². The Morgan fingerprint density at radius 1 is 1.69 bits per heavy atom. The first-order chi connectivity index (χ1) is 6.24. The number of anilines is 1. The van der Waals surface area contributed by atoms with Gasteiger partial charge in [0.25, 0.3) is 0 Å². The summed E-state index contributed by atoms with van der Waals surface area (Å²) in [5, 5.41) is 3.30. The first kappa shape index (κ1) is 10.5. The Morgan fingerprint density at radius 2 is 2.46 bits per heavy atom. The van der Waals surface area contributed by atoms with Gasteiger partial charge < -0.3 is 10.1 Å². The van der Waals surface area contributed by atoms with Crippen LogP contribution in [-0.4, -0.2) is 24.7 Å². The molecule has 0 saturated heterocycles. The fraction of sp³-hybridized carbons (Fsp3) is 0.444. The minimum absolute atomic E-state index is 0.295. The molecule has 1 aromatic rings. The lowest BCUT2D eigenvalue weighted by Crippen LogP contribution is -2.20. The molecule has 0 spiro atoms. The minimum atomic E-state index is 0.295. The number of ether oxygens (including phenoxy) is 1. The number of halogens is 1. The van der Waals surface area contributed by atoms with Gasteiger partial charge in [0.05, 0.1) is 16.8 Å². The van der Waals surface area contributed by atoms with Gasteiger partial charge in [-0.1, -0.05) is 0 Å². The molecule has 0 aliphatic heterocycles. The Morgan fingerprint density at radius 3 is 3.08 bits per heavy atom. The summed E-state index contributed by atoms with van der Waals surface area (Å²) in [4.78, 5) is 3.98. The lowest BCUT2D eigenvalue weighted by molar-refractivity contribution is 0.190. The van der Waals surface area contributed by atoms with Crippen LogP contribution in [-0.2, 0) is 4.74 Å². The Bertz CT molecular complexity index is 268. The van der Waals surface area contributed by atoms with Gasteiger partial charge in [0.2, 0.25) is 0 Å². The Hall–Kier alpha value is -0.610. The van der Waals surface area contributed by atoms with E-state index in [1.165, 1.54) is 0 Å². The van der Waals surface area contributed by atoms with E-state index < -0.39 is 0 Å². The molecule has 0 fully saturated rings. The van der Waals surface area contributed by atoms with Gasteiger partial charge in [-0.2, -0.15) is 0 Å². The highest BCUT2D eigenvalue weighted by Gasteiger charge is 2.03. The maximum absolute atomic E-state index is 5.02. The fourth-order valence-electron chi connectivity index (χ4n) is 1.05. The molecule has 0 amide bonds. The standard InChI is InChI=1S/C9H13BrN2O/c1-7(6-13-2)12-9-3-4-11-5-8(9)10/h3-5,7H,6H2,1-2H3,(H,11,12). The molecule has 1 N–H and O–H groups in total. The van der Waals surface area contributed by atoms with E-state index in [0.717, 1.165) is 10.2 Å². The highest BCUT2D eigenvalue weighted by molar-refractivity contribution is 9.10. The summed E-state index contributed by atoms with van der Waals surface area (Å²) in [5.41, 5.74) is 1.04. The highest BCUT2D eigenvalue weighted by atomic mass is 79.9. The Balaban J connectivity index is 2.58. The maximum Gasteiger partial charge on any atom is 0.0661 e. The molecule has 0 saturated carbocycles. The molecule has 0 aliphatic rings. The molecule has 1 unspecified atom stereocenters. The summed E-state index contributed by atoms with van der Waals surface area (Å²) in [6.07, 6.45) is 3.52. The van der Waals surface area contributed by atoms with Crippen LogP contribution in [0.5, 0.6) is 0 Å². The molecule has 1 rings (SSSR count). The maximum atomic E-state index is 5.02. The smallest absolute Gasteiger partial charge is 0.0661 e. The molecule has 0 aliphatic carbocycles. The van der Waals surface area contributed by atoms with Crippen LogP contribution in [0.2, 0.25) is 0 Å². The number of methoxy groups -OCH3 is 1. The van der Waals surface area contributed by atoms with Gasteiger partial charge in [-0.05, 0) is 28.9 Å². The summed E-state index contributed by atoms with van der Waals surface area (Å²) in [6.45, 7) is 2.76. The second kappa shape index (κ2) is 5.19. The van der Waals surface area contributed by atoms with Crippen LogP contribution in [0, 0.1) is 0 Å². The van der Waals surface area contributed by atoms with Gasteiger partial charge in [-0.15, -0.1) is 0 Å². The van der Waals surface area contributed by atoms with E-state index in [0.29, 0.717) is 12.6 Å². The normalized spacial score (nSPS) is 12.5. The van der Waals surface area contributed by atoms with E-state index in [9.17, 15) is 0 Å². The van der Waals surface area contributed by atoms with Gasteiger partial charge in [0, 0.05) is 25.5 Å². The van der Waals surface area contributed by atoms with Gasteiger partial charge in [-0.3, -0.25) is 4.98 Å². The van der Waals surface area contributed by atoms with Gasteiger partial charge in [0.15, 0.2) is 0 Å². The van der Waals surface area contributed by atoms with Crippen LogP contribution in [0.25, 0.3) is 0 Å². The van der Waals surface area contributed by atoms with E-state index in [2.05, 4.69) is 33.2 Å². The van der Waals surface area contributed by atoms with Crippen molar-refractivity contribution < 1.29 is 4.74 Å². The molecule has 4 heteroatoms. The number of hydrogen-bond acceptors (Lipinski definition) is 3. The largest absolute Gasteiger partial charge is 0.383 e. The lowest BCUT2D eigenvalue weighted by atomic mass is 10.3. The highest BCUT2D eigenvalue weighted by Crippen LogP contribution is 2.20. The van der Waals surface area contributed by atoms with Crippen LogP contribution in [0.15, 0.2) is 22.9 Å². The average Bonchev–Trinajstić information content (AvgIpc) is 2.09. The molecule has 72 valence electrons. The van der Waals surface area contributed by atoms with Crippen molar-refractivity contribution in [1.29, 1.82) is 0 Å². The van der Waals surface area contributed by atoms with Crippen LogP contribution >= 0.6 is 15.9 Å². The topological polar surface area (TPSA) is 34.1 Å². The number of aromatic nitrogens is 1. The first-order valence-electron chi connectivity index (χ1n) is 4.09. The quantitative estimate of drug-likeness (QED) is 0.883. The summed E-state index contributed by atoms with van der Waals surface area (Å²) in [6, 6.07) is 2.22. The minimum Gasteiger partial charge on any atom is -0.383 e. The van der Waals surface area contributed by atoms with Crippen LogP contribution in [0.4, 0.5) is 5.69 Å². The number of rotatable bonds is 4. The predicted molar refractivity (Wildman–Crippen MR) is 56.9 cm³/mol. The molecule has 13 heavy (non-hydrogen) atoms. The number of hydrogen-bond donors (Lipinski definition) is 1. The van der Waals surface area contributed by atoms with Crippen LogP contribution < -0.4 is 5.32 Å². The molecule has 0 radical (unpaired) electrons. The predicted octanol–water partition coefficient (Wildman–Crippen LogP) is 2.29. The first-order valence-corrected chi connectivity index (χ1v) is 4.88. The molecule has 1 heterocycles. The van der Waals surface area contributed by atoms with E-state index in [4.69, 9.17) is 4.74 Å². The van der Waals surface area contributed by atoms with Crippen molar-refractivity contribution >= 4 is 21.6 Å². The number of pyridine rings is 1. The second-order valence-corrected chi connectivity index (χ2v) is 3.71. The third kappa shape index (κ3) is 3.32. The summed E-state index contributed by atoms with van der Waals surface area (Å²) in [5.74, 6) is 0. The van der Waals surface area contributed by atoms with Gasteiger partial charge >= 0.3 is 0 Å². The van der Waals surface area contributed by atoms with Crippen LogP contribution in [0.1, 0.15) is 6.92 Å². The third-order valence-corrected chi connectivity index (χ3v) is 2.22. The molecular formula is C9H13BrN2O. The molecule has 0 bridgehead atoms. The second-order valence-electron chi connectivity index (χ2n) is 2.86. The van der Waals surface area contributed by atoms with Crippen molar-refractivity contribution in [3.63, 3.8) is 0 Å². The third-order valence-electron chi connectivity index (χ3n) is 1.59. The van der Waals surface area contributed by atoms with E-state index in [1.54, 1.807) is 19.5 Å². The zero-order valence-corrected chi connectivity index (χ0v) is 9.34.